The highest BCUT2D eigenvalue weighted by atomic mass is 16.4. The van der Waals surface area contributed by atoms with Gasteiger partial charge in [-0.15, -0.1) is 0 Å². The lowest BCUT2D eigenvalue weighted by atomic mass is 9.79. The first-order valence-electron chi connectivity index (χ1n) is 4.54. The summed E-state index contributed by atoms with van der Waals surface area (Å²) in [5, 5.41) is 20.6. The van der Waals surface area contributed by atoms with Gasteiger partial charge in [-0.3, -0.25) is 4.79 Å². The summed E-state index contributed by atoms with van der Waals surface area (Å²) in [4.78, 5) is 11.2. The molecule has 3 N–H and O–H groups in total. The Labute approximate surface area is 88.4 Å². The molecule has 0 aliphatic rings. The first-order valence-corrected chi connectivity index (χ1v) is 4.54. The number of allylic oxidation sites excluding steroid dienone is 1. The van der Waals surface area contributed by atoms with Crippen molar-refractivity contribution in [1.82, 2.24) is 0 Å². The summed E-state index contributed by atoms with van der Waals surface area (Å²) < 4.78 is 0. The fourth-order valence-electron chi connectivity index (χ4n) is 1.16. The summed E-state index contributed by atoms with van der Waals surface area (Å²) >= 11 is 0. The molecule has 0 unspecified atom stereocenters. The Morgan fingerprint density at radius 3 is 2.67 bits per heavy atom. The molecule has 0 aliphatic carbocycles. The molecule has 0 atom stereocenters. The number of anilines is 1. The Bertz CT molecular complexity index is 377. The topological polar surface area (TPSA) is 69.6 Å². The summed E-state index contributed by atoms with van der Waals surface area (Å²) in [7, 11) is -1.59. The van der Waals surface area contributed by atoms with Gasteiger partial charge in [0.15, 0.2) is 0 Å². The lowest BCUT2D eigenvalue weighted by Crippen LogP contribution is -2.33. The second-order valence-electron chi connectivity index (χ2n) is 2.95. The third-order valence-corrected chi connectivity index (χ3v) is 1.81. The molecule has 0 spiro atoms. The minimum absolute atomic E-state index is 0.273. The highest BCUT2D eigenvalue weighted by molar-refractivity contribution is 6.60. The van der Waals surface area contributed by atoms with Crippen LogP contribution in [0, 0.1) is 0 Å². The van der Waals surface area contributed by atoms with Crippen LogP contribution in [0.3, 0.4) is 0 Å². The summed E-state index contributed by atoms with van der Waals surface area (Å²) in [6, 6.07) is 6.52. The van der Waals surface area contributed by atoms with Crippen LogP contribution in [0.1, 0.15) is 6.92 Å². The molecule has 15 heavy (non-hydrogen) atoms. The number of hydrogen-bond donors (Lipinski definition) is 3. The summed E-state index contributed by atoms with van der Waals surface area (Å²) in [6.45, 7) is 1.73. The number of nitrogens with one attached hydrogen (secondary N) is 1. The van der Waals surface area contributed by atoms with Crippen molar-refractivity contribution in [3.8, 4) is 0 Å². The lowest BCUT2D eigenvalue weighted by Gasteiger charge is -2.08. The Morgan fingerprint density at radius 1 is 1.40 bits per heavy atom. The summed E-state index contributed by atoms with van der Waals surface area (Å²) in [6.07, 6.45) is 2.97. The molecule has 0 fully saturated rings. The molecule has 0 saturated carbocycles. The molecule has 1 rings (SSSR count). The molecule has 5 heteroatoms. The molecule has 0 bridgehead atoms. The predicted molar refractivity (Wildman–Crippen MR) is 59.7 cm³/mol. The minimum Gasteiger partial charge on any atom is -0.423 e. The number of carbonyl (C=O) groups is 1. The second kappa shape index (κ2) is 5.33. The quantitative estimate of drug-likeness (QED) is 0.476. The highest BCUT2D eigenvalue weighted by Crippen LogP contribution is 2.03. The lowest BCUT2D eigenvalue weighted by molar-refractivity contribution is -0.111. The van der Waals surface area contributed by atoms with Gasteiger partial charge in [-0.1, -0.05) is 24.3 Å². The first kappa shape index (κ1) is 11.5. The second-order valence-corrected chi connectivity index (χ2v) is 2.95. The normalized spacial score (nSPS) is 10.3. The van der Waals surface area contributed by atoms with Crippen molar-refractivity contribution < 1.29 is 14.8 Å². The van der Waals surface area contributed by atoms with E-state index in [-0.39, 0.29) is 11.4 Å². The van der Waals surface area contributed by atoms with Crippen LogP contribution in [-0.4, -0.2) is 23.1 Å². The zero-order chi connectivity index (χ0) is 11.3. The van der Waals surface area contributed by atoms with E-state index < -0.39 is 7.12 Å². The molecule has 0 saturated heterocycles. The number of carbonyl (C=O) groups excluding carboxylic acids is 1. The number of para-hydroxylation sites is 1. The maximum absolute atomic E-state index is 11.2. The van der Waals surface area contributed by atoms with E-state index in [0.717, 1.165) is 0 Å². The Morgan fingerprint density at radius 2 is 2.07 bits per heavy atom. The Balaban J connectivity index is 2.89. The fourth-order valence-corrected chi connectivity index (χ4v) is 1.16. The predicted octanol–water partition coefficient (Wildman–Crippen LogP) is -0.119. The minimum atomic E-state index is -1.59. The van der Waals surface area contributed by atoms with Crippen molar-refractivity contribution in [1.29, 1.82) is 0 Å². The molecular formula is C10H12BNO3. The van der Waals surface area contributed by atoms with Crippen LogP contribution in [0.5, 0.6) is 0 Å². The number of benzene rings is 1. The van der Waals surface area contributed by atoms with Gasteiger partial charge in [-0.2, -0.15) is 0 Å². The van der Waals surface area contributed by atoms with Gasteiger partial charge < -0.3 is 15.4 Å². The summed E-state index contributed by atoms with van der Waals surface area (Å²) in [5.41, 5.74) is 0.672. The maximum atomic E-state index is 11.2. The van der Waals surface area contributed by atoms with E-state index in [1.54, 1.807) is 31.2 Å². The van der Waals surface area contributed by atoms with Gasteiger partial charge in [0.1, 0.15) is 0 Å². The van der Waals surface area contributed by atoms with Crippen molar-refractivity contribution in [3.05, 3.63) is 36.4 Å². The molecule has 1 amide bonds. The van der Waals surface area contributed by atoms with Gasteiger partial charge in [-0.05, 0) is 19.1 Å². The van der Waals surface area contributed by atoms with Gasteiger partial charge in [0.2, 0.25) is 5.91 Å². The van der Waals surface area contributed by atoms with Crippen molar-refractivity contribution in [2.24, 2.45) is 0 Å². The van der Waals surface area contributed by atoms with Crippen molar-refractivity contribution >= 4 is 24.2 Å². The summed E-state index contributed by atoms with van der Waals surface area (Å²) in [5.74, 6) is -0.300. The zero-order valence-corrected chi connectivity index (χ0v) is 8.34. The Kier molecular flexibility index (Phi) is 4.09. The van der Waals surface area contributed by atoms with Crippen LogP contribution < -0.4 is 10.8 Å². The van der Waals surface area contributed by atoms with Crippen LogP contribution in [0.2, 0.25) is 0 Å². The third kappa shape index (κ3) is 3.23. The first-order chi connectivity index (χ1) is 7.15. The van der Waals surface area contributed by atoms with Gasteiger partial charge >= 0.3 is 7.12 Å². The molecule has 0 aromatic heterocycles. The van der Waals surface area contributed by atoms with E-state index in [2.05, 4.69) is 5.32 Å². The van der Waals surface area contributed by atoms with E-state index in [0.29, 0.717) is 5.69 Å². The van der Waals surface area contributed by atoms with Gasteiger partial charge in [-0.25, -0.2) is 0 Å². The van der Waals surface area contributed by atoms with E-state index in [1.165, 1.54) is 12.1 Å². The van der Waals surface area contributed by atoms with E-state index in [9.17, 15) is 4.79 Å². The number of hydrogen-bond acceptors (Lipinski definition) is 3. The smallest absolute Gasteiger partial charge is 0.423 e. The van der Waals surface area contributed by atoms with Gasteiger partial charge in [0, 0.05) is 11.2 Å². The van der Waals surface area contributed by atoms with Gasteiger partial charge in [0.05, 0.1) is 0 Å². The van der Waals surface area contributed by atoms with E-state index in [1.807, 2.05) is 0 Å². The van der Waals surface area contributed by atoms with E-state index >= 15 is 0 Å². The van der Waals surface area contributed by atoms with Crippen molar-refractivity contribution in [2.45, 2.75) is 6.92 Å². The van der Waals surface area contributed by atoms with Crippen LogP contribution in [-0.2, 0) is 4.79 Å². The Hall–Kier alpha value is -1.59. The van der Waals surface area contributed by atoms with Gasteiger partial charge in [0.25, 0.3) is 0 Å². The highest BCUT2D eigenvalue weighted by Gasteiger charge is 2.15. The molecule has 1 aromatic carbocycles. The van der Waals surface area contributed by atoms with Crippen LogP contribution in [0.25, 0.3) is 0 Å². The van der Waals surface area contributed by atoms with Crippen LogP contribution in [0.4, 0.5) is 5.69 Å². The van der Waals surface area contributed by atoms with Crippen molar-refractivity contribution in [3.63, 3.8) is 0 Å². The van der Waals surface area contributed by atoms with Crippen LogP contribution >= 0.6 is 0 Å². The molecule has 0 aliphatic heterocycles. The average Bonchev–Trinajstić information content (AvgIpc) is 2.18. The standard InChI is InChI=1S/C10H12BNO3/c1-2-5-10(13)12-9-7-4-3-6-8(9)11(14)15/h2-7,14-15H,1H3,(H,12,13). The largest absolute Gasteiger partial charge is 0.490 e. The SMILES string of the molecule is CC=CC(=O)Nc1ccccc1B(O)O. The third-order valence-electron chi connectivity index (χ3n) is 1.81. The van der Waals surface area contributed by atoms with Crippen LogP contribution in [0.15, 0.2) is 36.4 Å². The van der Waals surface area contributed by atoms with E-state index in [4.69, 9.17) is 10.0 Å². The molecule has 78 valence electrons. The molecule has 4 nitrogen and oxygen atoms in total. The molecular weight excluding hydrogens is 193 g/mol. The molecule has 1 aromatic rings. The maximum Gasteiger partial charge on any atom is 0.490 e. The number of rotatable bonds is 3. The fraction of sp³-hybridized carbons (Fsp3) is 0.100. The average molecular weight is 205 g/mol. The monoisotopic (exact) mass is 205 g/mol. The molecule has 0 radical (unpaired) electrons. The molecule has 0 heterocycles. The van der Waals surface area contributed by atoms with Crippen molar-refractivity contribution in [2.75, 3.05) is 5.32 Å². The number of amides is 1. The zero-order valence-electron chi connectivity index (χ0n) is 8.34.